The molecule has 1 amide bonds. The molecule has 3 aliphatic rings. The van der Waals surface area contributed by atoms with Gasteiger partial charge >= 0.3 is 0 Å². The molecule has 1 saturated carbocycles. The molecule has 0 unspecified atom stereocenters. The summed E-state index contributed by atoms with van der Waals surface area (Å²) in [6, 6.07) is 0.576. The second-order valence-electron chi connectivity index (χ2n) is 10.8. The molecule has 200 valence electrons. The summed E-state index contributed by atoms with van der Waals surface area (Å²) in [4.78, 5) is 37.7. The number of carbonyl (C=O) groups excluding carboxylic acids is 1. The first-order chi connectivity index (χ1) is 17.5. The Morgan fingerprint density at radius 1 is 1.16 bits per heavy atom. The van der Waals surface area contributed by atoms with Gasteiger partial charge < -0.3 is 24.3 Å². The molecule has 37 heavy (non-hydrogen) atoms. The number of nitrogens with one attached hydrogen (secondary N) is 1. The second kappa shape index (κ2) is 9.82. The third-order valence-corrected chi connectivity index (χ3v) is 9.36. The summed E-state index contributed by atoms with van der Waals surface area (Å²) in [5.74, 6) is 0.952. The van der Waals surface area contributed by atoms with Crippen molar-refractivity contribution < 1.29 is 14.3 Å². The Kier molecular flexibility index (Phi) is 7.00. The maximum atomic E-state index is 13.8. The highest BCUT2D eigenvalue weighted by molar-refractivity contribution is 7.98. The molecule has 3 heterocycles. The van der Waals surface area contributed by atoms with Crippen LogP contribution >= 0.6 is 23.4 Å². The largest absolute Gasteiger partial charge is 0.448 e. The SMILES string of the molecule is CSc1nc(C)[nH]c(=O)c1CN1CCc2c(Cl)c3c(c(C)c2C1=O)O[C@@](C)(C1CCC(N(C)C)CC1)O3. The summed E-state index contributed by atoms with van der Waals surface area (Å²) in [7, 11) is 4.26. The topological polar surface area (TPSA) is 87.8 Å². The maximum Gasteiger partial charge on any atom is 0.257 e. The molecule has 8 nitrogen and oxygen atoms in total. The number of H-pyrrole nitrogens is 1. The van der Waals surface area contributed by atoms with Crippen molar-refractivity contribution >= 4 is 29.3 Å². The van der Waals surface area contributed by atoms with Gasteiger partial charge in [-0.1, -0.05) is 11.6 Å². The van der Waals surface area contributed by atoms with Crippen LogP contribution in [0.4, 0.5) is 0 Å². The predicted octanol–water partition coefficient (Wildman–Crippen LogP) is 4.57. The van der Waals surface area contributed by atoms with Crippen molar-refractivity contribution in [3.05, 3.63) is 43.5 Å². The smallest absolute Gasteiger partial charge is 0.257 e. The zero-order chi connectivity index (χ0) is 26.6. The zero-order valence-electron chi connectivity index (χ0n) is 22.4. The van der Waals surface area contributed by atoms with Crippen LogP contribution in [-0.2, 0) is 13.0 Å². The van der Waals surface area contributed by atoms with Gasteiger partial charge in [-0.3, -0.25) is 9.59 Å². The number of ether oxygens (including phenoxy) is 2. The van der Waals surface area contributed by atoms with Crippen LogP contribution in [0.25, 0.3) is 0 Å². The number of nitrogens with zero attached hydrogens (tertiary/aromatic N) is 3. The zero-order valence-corrected chi connectivity index (χ0v) is 23.9. The minimum Gasteiger partial charge on any atom is -0.448 e. The van der Waals surface area contributed by atoms with Crippen LogP contribution in [-0.4, -0.2) is 64.4 Å². The van der Waals surface area contributed by atoms with E-state index in [1.807, 2.05) is 20.1 Å². The number of amides is 1. The van der Waals surface area contributed by atoms with Gasteiger partial charge in [0.25, 0.3) is 17.3 Å². The van der Waals surface area contributed by atoms with Gasteiger partial charge in [-0.25, -0.2) is 4.98 Å². The van der Waals surface area contributed by atoms with E-state index < -0.39 is 5.79 Å². The second-order valence-corrected chi connectivity index (χ2v) is 11.9. The molecule has 1 atom stereocenters. The first kappa shape index (κ1) is 26.4. The van der Waals surface area contributed by atoms with Gasteiger partial charge in [0.2, 0.25) is 0 Å². The minimum atomic E-state index is -0.811. The third-order valence-electron chi connectivity index (χ3n) is 8.24. The number of thioether (sulfide) groups is 1. The molecule has 1 aliphatic carbocycles. The lowest BCUT2D eigenvalue weighted by atomic mass is 9.81. The van der Waals surface area contributed by atoms with Crippen molar-refractivity contribution in [2.45, 2.75) is 76.3 Å². The summed E-state index contributed by atoms with van der Waals surface area (Å²) in [6.07, 6.45) is 6.66. The Labute approximate surface area is 227 Å². The molecule has 2 aliphatic heterocycles. The van der Waals surface area contributed by atoms with Crippen LogP contribution in [0.1, 0.15) is 65.5 Å². The number of halogens is 1. The molecule has 0 radical (unpaired) electrons. The number of aromatic amines is 1. The number of aryl methyl sites for hydroxylation is 1. The molecule has 0 bridgehead atoms. The average molecular weight is 547 g/mol. The summed E-state index contributed by atoms with van der Waals surface area (Å²) >= 11 is 8.29. The van der Waals surface area contributed by atoms with Gasteiger partial charge in [0.1, 0.15) is 10.9 Å². The molecule has 1 fully saturated rings. The van der Waals surface area contributed by atoms with Crippen molar-refractivity contribution in [2.24, 2.45) is 5.92 Å². The fraction of sp³-hybridized carbons (Fsp3) is 0.593. The number of hydrogen-bond acceptors (Lipinski definition) is 7. The van der Waals surface area contributed by atoms with Crippen molar-refractivity contribution in [2.75, 3.05) is 26.9 Å². The highest BCUT2D eigenvalue weighted by Crippen LogP contribution is 2.54. The first-order valence-corrected chi connectivity index (χ1v) is 14.5. The van der Waals surface area contributed by atoms with Crippen LogP contribution in [0.15, 0.2) is 9.82 Å². The van der Waals surface area contributed by atoms with E-state index in [0.717, 1.165) is 36.8 Å². The minimum absolute atomic E-state index is 0.154. The lowest BCUT2D eigenvalue weighted by Gasteiger charge is -2.39. The van der Waals surface area contributed by atoms with E-state index in [2.05, 4.69) is 29.0 Å². The van der Waals surface area contributed by atoms with Gasteiger partial charge in [0, 0.05) is 31.0 Å². The van der Waals surface area contributed by atoms with Gasteiger partial charge in [-0.2, -0.15) is 0 Å². The van der Waals surface area contributed by atoms with Crippen LogP contribution in [0, 0.1) is 19.8 Å². The quantitative estimate of drug-likeness (QED) is 0.434. The van der Waals surface area contributed by atoms with E-state index in [1.54, 1.807) is 11.8 Å². The third kappa shape index (κ3) is 4.53. The molecule has 2 aromatic rings. The standard InChI is InChI=1S/C27H35ClN4O4S/c1-14-20-18(11-12-32(26(20)34)13-19-24(33)29-15(2)30-25(19)37-6)21(28)23-22(14)35-27(3,36-23)16-7-9-17(10-8-16)31(4)5/h16-17H,7-13H2,1-6H3,(H,29,30,33)/t16?,17?,27-/m1/s1. The van der Waals surface area contributed by atoms with E-state index in [1.165, 1.54) is 11.8 Å². The van der Waals surface area contributed by atoms with Crippen molar-refractivity contribution in [1.82, 2.24) is 19.8 Å². The molecule has 0 spiro atoms. The van der Waals surface area contributed by atoms with E-state index in [4.69, 9.17) is 21.1 Å². The fourth-order valence-corrected chi connectivity index (χ4v) is 6.99. The molecular formula is C27H35ClN4O4S. The Balaban J connectivity index is 1.43. The number of rotatable bonds is 5. The number of carbonyl (C=O) groups is 1. The summed E-state index contributed by atoms with van der Waals surface area (Å²) in [5, 5.41) is 1.11. The van der Waals surface area contributed by atoms with Crippen LogP contribution in [0.3, 0.4) is 0 Å². The Morgan fingerprint density at radius 2 is 1.84 bits per heavy atom. The van der Waals surface area contributed by atoms with Gasteiger partial charge in [0.15, 0.2) is 11.5 Å². The molecule has 1 aromatic heterocycles. The summed E-state index contributed by atoms with van der Waals surface area (Å²) < 4.78 is 13.0. The Hall–Kier alpha value is -2.23. The molecule has 10 heteroatoms. The van der Waals surface area contributed by atoms with Crippen molar-refractivity contribution in [1.29, 1.82) is 0 Å². The van der Waals surface area contributed by atoms with Crippen molar-refractivity contribution in [3.8, 4) is 11.5 Å². The molecular weight excluding hydrogens is 512 g/mol. The first-order valence-electron chi connectivity index (χ1n) is 12.9. The number of fused-ring (bicyclic) bond motifs is 2. The molecule has 0 saturated heterocycles. The average Bonchev–Trinajstić information content (AvgIpc) is 3.24. The fourth-order valence-electron chi connectivity index (χ4n) is 6.05. The molecule has 5 rings (SSSR count). The summed E-state index contributed by atoms with van der Waals surface area (Å²) in [5.41, 5.74) is 2.39. The van der Waals surface area contributed by atoms with Crippen LogP contribution in [0.2, 0.25) is 5.02 Å². The monoisotopic (exact) mass is 546 g/mol. The van der Waals surface area contributed by atoms with Crippen molar-refractivity contribution in [3.63, 3.8) is 0 Å². The molecule has 1 aromatic carbocycles. The Bertz CT molecular complexity index is 1300. The lowest BCUT2D eigenvalue weighted by Crippen LogP contribution is -2.46. The van der Waals surface area contributed by atoms with Gasteiger partial charge in [-0.05, 0) is 71.9 Å². The number of aromatic nitrogens is 2. The van der Waals surface area contributed by atoms with E-state index in [9.17, 15) is 9.59 Å². The van der Waals surface area contributed by atoms with Gasteiger partial charge in [-0.15, -0.1) is 11.8 Å². The predicted molar refractivity (Wildman–Crippen MR) is 145 cm³/mol. The van der Waals surface area contributed by atoms with E-state index >= 15 is 0 Å². The highest BCUT2D eigenvalue weighted by atomic mass is 35.5. The number of hydrogen-bond donors (Lipinski definition) is 1. The van der Waals surface area contributed by atoms with E-state index in [0.29, 0.717) is 57.5 Å². The normalized spacial score (nSPS) is 25.1. The van der Waals surface area contributed by atoms with E-state index in [-0.39, 0.29) is 23.9 Å². The Morgan fingerprint density at radius 3 is 2.49 bits per heavy atom. The maximum absolute atomic E-state index is 13.8. The van der Waals surface area contributed by atoms with Crippen LogP contribution in [0.5, 0.6) is 11.5 Å². The summed E-state index contributed by atoms with van der Waals surface area (Å²) in [6.45, 7) is 6.30. The number of benzene rings is 1. The highest BCUT2D eigenvalue weighted by Gasteiger charge is 2.48. The van der Waals surface area contributed by atoms with Crippen LogP contribution < -0.4 is 15.0 Å². The lowest BCUT2D eigenvalue weighted by molar-refractivity contribution is -0.123. The molecule has 1 N–H and O–H groups in total. The van der Waals surface area contributed by atoms with Gasteiger partial charge in [0.05, 0.1) is 22.7 Å².